The molecule has 0 fully saturated rings. The van der Waals surface area contributed by atoms with Crippen LogP contribution in [0, 0.1) is 0 Å². The molecule has 4 nitrogen and oxygen atoms in total. The summed E-state index contributed by atoms with van der Waals surface area (Å²) in [4.78, 5) is 11.2. The lowest BCUT2D eigenvalue weighted by Gasteiger charge is -2.11. The fourth-order valence-corrected chi connectivity index (χ4v) is 1.66. The Morgan fingerprint density at radius 2 is 2.20 bits per heavy atom. The van der Waals surface area contributed by atoms with Crippen LogP contribution in [0.3, 0.4) is 0 Å². The third-order valence-electron chi connectivity index (χ3n) is 2.38. The zero-order valence-corrected chi connectivity index (χ0v) is 9.71. The maximum Gasteiger partial charge on any atom is 0.271 e. The Morgan fingerprint density at radius 3 is 2.80 bits per heavy atom. The summed E-state index contributed by atoms with van der Waals surface area (Å²) >= 11 is 0. The van der Waals surface area contributed by atoms with Crippen molar-refractivity contribution in [1.29, 1.82) is 0 Å². The van der Waals surface area contributed by atoms with Gasteiger partial charge in [-0.15, -0.1) is 0 Å². The highest BCUT2D eigenvalue weighted by Gasteiger charge is 2.15. The SMILES string of the molecule is CC.CNC(=O)c1cc2n(n1)CCCC2. The summed E-state index contributed by atoms with van der Waals surface area (Å²) < 4.78 is 1.94. The van der Waals surface area contributed by atoms with Gasteiger partial charge in [0.15, 0.2) is 0 Å². The van der Waals surface area contributed by atoms with Gasteiger partial charge in [0.25, 0.3) is 5.91 Å². The Bertz CT molecular complexity index is 307. The van der Waals surface area contributed by atoms with E-state index in [1.54, 1.807) is 7.05 Å². The molecule has 0 atom stereocenters. The van der Waals surface area contributed by atoms with Gasteiger partial charge in [0.2, 0.25) is 0 Å². The molecule has 0 unspecified atom stereocenters. The van der Waals surface area contributed by atoms with Crippen molar-refractivity contribution in [2.75, 3.05) is 7.05 Å². The van der Waals surface area contributed by atoms with Crippen molar-refractivity contribution in [2.24, 2.45) is 0 Å². The van der Waals surface area contributed by atoms with Crippen molar-refractivity contribution in [1.82, 2.24) is 15.1 Å². The van der Waals surface area contributed by atoms with Crippen LogP contribution in [0.15, 0.2) is 6.07 Å². The van der Waals surface area contributed by atoms with Crippen molar-refractivity contribution < 1.29 is 4.79 Å². The van der Waals surface area contributed by atoms with E-state index in [4.69, 9.17) is 0 Å². The molecule has 0 radical (unpaired) electrons. The lowest BCUT2D eigenvalue weighted by Crippen LogP contribution is -2.18. The molecule has 1 aromatic rings. The van der Waals surface area contributed by atoms with Crippen LogP contribution in [-0.2, 0) is 13.0 Å². The van der Waals surface area contributed by atoms with Crippen molar-refractivity contribution in [3.63, 3.8) is 0 Å². The molecule has 1 amide bonds. The number of carbonyl (C=O) groups excluding carboxylic acids is 1. The van der Waals surface area contributed by atoms with E-state index in [0.29, 0.717) is 5.69 Å². The molecule has 2 heterocycles. The molecule has 1 aliphatic heterocycles. The monoisotopic (exact) mass is 209 g/mol. The number of rotatable bonds is 1. The van der Waals surface area contributed by atoms with Gasteiger partial charge in [-0.2, -0.15) is 5.10 Å². The fraction of sp³-hybridized carbons (Fsp3) is 0.636. The van der Waals surface area contributed by atoms with Crippen LogP contribution in [0.5, 0.6) is 0 Å². The van der Waals surface area contributed by atoms with E-state index in [2.05, 4.69) is 10.4 Å². The third-order valence-corrected chi connectivity index (χ3v) is 2.38. The molecule has 1 aliphatic rings. The number of aryl methyl sites for hydroxylation is 2. The zero-order chi connectivity index (χ0) is 11.3. The standard InChI is InChI=1S/C9H13N3O.C2H6/c1-10-9(13)8-6-7-4-2-3-5-12(7)11-8;1-2/h6H,2-5H2,1H3,(H,10,13);1-2H3. The van der Waals surface area contributed by atoms with Gasteiger partial charge < -0.3 is 5.32 Å². The predicted molar refractivity (Wildman–Crippen MR) is 59.9 cm³/mol. The molecular weight excluding hydrogens is 190 g/mol. The Kier molecular flexibility index (Phi) is 4.34. The maximum absolute atomic E-state index is 11.2. The number of fused-ring (bicyclic) bond motifs is 1. The highest BCUT2D eigenvalue weighted by Crippen LogP contribution is 2.14. The summed E-state index contributed by atoms with van der Waals surface area (Å²) in [6, 6.07) is 1.89. The largest absolute Gasteiger partial charge is 0.354 e. The highest BCUT2D eigenvalue weighted by atomic mass is 16.1. The van der Waals surface area contributed by atoms with Gasteiger partial charge in [0.1, 0.15) is 5.69 Å². The smallest absolute Gasteiger partial charge is 0.271 e. The first kappa shape index (κ1) is 11.8. The summed E-state index contributed by atoms with van der Waals surface area (Å²) in [7, 11) is 1.63. The normalized spacial score (nSPS) is 13.5. The number of hydrogen-bond donors (Lipinski definition) is 1. The number of nitrogens with zero attached hydrogens (tertiary/aromatic N) is 2. The fourth-order valence-electron chi connectivity index (χ4n) is 1.66. The molecule has 1 aromatic heterocycles. The van der Waals surface area contributed by atoms with E-state index in [1.807, 2.05) is 24.6 Å². The van der Waals surface area contributed by atoms with Gasteiger partial charge in [-0.25, -0.2) is 0 Å². The quantitative estimate of drug-likeness (QED) is 0.763. The van der Waals surface area contributed by atoms with Crippen LogP contribution in [0.2, 0.25) is 0 Å². The van der Waals surface area contributed by atoms with Gasteiger partial charge >= 0.3 is 0 Å². The first-order valence-electron chi connectivity index (χ1n) is 5.60. The van der Waals surface area contributed by atoms with E-state index in [1.165, 1.54) is 18.5 Å². The van der Waals surface area contributed by atoms with Crippen molar-refractivity contribution in [2.45, 2.75) is 39.7 Å². The highest BCUT2D eigenvalue weighted by molar-refractivity contribution is 5.92. The van der Waals surface area contributed by atoms with Gasteiger partial charge in [-0.1, -0.05) is 13.8 Å². The van der Waals surface area contributed by atoms with Crippen molar-refractivity contribution in [3.05, 3.63) is 17.5 Å². The number of carbonyl (C=O) groups is 1. The second kappa shape index (κ2) is 5.53. The lowest BCUT2D eigenvalue weighted by molar-refractivity contribution is 0.0957. The number of amides is 1. The molecule has 0 spiro atoms. The minimum absolute atomic E-state index is 0.0955. The van der Waals surface area contributed by atoms with Crippen LogP contribution in [0.4, 0.5) is 0 Å². The van der Waals surface area contributed by atoms with Gasteiger partial charge in [0, 0.05) is 19.3 Å². The maximum atomic E-state index is 11.2. The molecule has 0 aromatic carbocycles. The summed E-state index contributed by atoms with van der Waals surface area (Å²) in [6.07, 6.45) is 3.42. The Labute approximate surface area is 90.7 Å². The molecule has 0 bridgehead atoms. The lowest BCUT2D eigenvalue weighted by atomic mass is 10.1. The summed E-state index contributed by atoms with van der Waals surface area (Å²) in [5.41, 5.74) is 1.73. The molecule has 4 heteroatoms. The minimum atomic E-state index is -0.0955. The van der Waals surface area contributed by atoms with E-state index in [9.17, 15) is 4.79 Å². The van der Waals surface area contributed by atoms with Crippen LogP contribution >= 0.6 is 0 Å². The predicted octanol–water partition coefficient (Wildman–Crippen LogP) is 1.61. The van der Waals surface area contributed by atoms with Gasteiger partial charge in [0.05, 0.1) is 0 Å². The second-order valence-corrected chi connectivity index (χ2v) is 3.28. The average Bonchev–Trinajstić information content (AvgIpc) is 2.74. The molecule has 2 rings (SSSR count). The Balaban J connectivity index is 0.000000531. The number of nitrogens with one attached hydrogen (secondary N) is 1. The van der Waals surface area contributed by atoms with E-state index in [-0.39, 0.29) is 5.91 Å². The molecule has 1 N–H and O–H groups in total. The first-order chi connectivity index (χ1) is 7.31. The van der Waals surface area contributed by atoms with Crippen LogP contribution in [-0.4, -0.2) is 22.7 Å². The topological polar surface area (TPSA) is 46.9 Å². The Hall–Kier alpha value is -1.32. The summed E-state index contributed by atoms with van der Waals surface area (Å²) in [6.45, 7) is 4.95. The second-order valence-electron chi connectivity index (χ2n) is 3.28. The zero-order valence-electron chi connectivity index (χ0n) is 9.71. The van der Waals surface area contributed by atoms with Gasteiger partial charge in [-0.05, 0) is 25.3 Å². The summed E-state index contributed by atoms with van der Waals surface area (Å²) in [5.74, 6) is -0.0955. The van der Waals surface area contributed by atoms with E-state index >= 15 is 0 Å². The van der Waals surface area contributed by atoms with Crippen molar-refractivity contribution in [3.8, 4) is 0 Å². The first-order valence-corrected chi connectivity index (χ1v) is 5.60. The summed E-state index contributed by atoms with van der Waals surface area (Å²) in [5, 5.41) is 6.80. The molecular formula is C11H19N3O. The molecule has 0 saturated heterocycles. The van der Waals surface area contributed by atoms with Gasteiger partial charge in [-0.3, -0.25) is 9.48 Å². The molecule has 0 aliphatic carbocycles. The van der Waals surface area contributed by atoms with Crippen LogP contribution in [0.25, 0.3) is 0 Å². The van der Waals surface area contributed by atoms with Crippen LogP contribution < -0.4 is 5.32 Å². The van der Waals surface area contributed by atoms with Crippen molar-refractivity contribution >= 4 is 5.91 Å². The third kappa shape index (κ3) is 2.58. The molecule has 0 saturated carbocycles. The average molecular weight is 209 g/mol. The number of hydrogen-bond acceptors (Lipinski definition) is 2. The molecule has 84 valence electrons. The molecule has 15 heavy (non-hydrogen) atoms. The number of aromatic nitrogens is 2. The van der Waals surface area contributed by atoms with E-state index in [0.717, 1.165) is 13.0 Å². The van der Waals surface area contributed by atoms with E-state index < -0.39 is 0 Å². The van der Waals surface area contributed by atoms with Crippen LogP contribution in [0.1, 0.15) is 42.9 Å². The Morgan fingerprint density at radius 1 is 1.47 bits per heavy atom. The minimum Gasteiger partial charge on any atom is -0.354 e.